The van der Waals surface area contributed by atoms with Crippen LogP contribution in [-0.4, -0.2) is 18.7 Å². The van der Waals surface area contributed by atoms with Gasteiger partial charge in [-0.15, -0.1) is 0 Å². The van der Waals surface area contributed by atoms with Gasteiger partial charge in [-0.05, 0) is 24.3 Å². The van der Waals surface area contributed by atoms with Gasteiger partial charge in [0.2, 0.25) is 0 Å². The molecule has 2 aromatic carbocycles. The average molecular weight is 270 g/mol. The molecule has 20 heavy (non-hydrogen) atoms. The largest absolute Gasteiger partial charge is 0.486 e. The van der Waals surface area contributed by atoms with Gasteiger partial charge in [-0.3, -0.25) is 4.79 Å². The van der Waals surface area contributed by atoms with Crippen LogP contribution >= 0.6 is 0 Å². The molecule has 4 nitrogen and oxygen atoms in total. The molecule has 2 aromatic rings. The first-order chi connectivity index (χ1) is 9.81. The maximum atomic E-state index is 11.8. The number of ether oxygens (including phenoxy) is 3. The Morgan fingerprint density at radius 3 is 2.55 bits per heavy atom. The van der Waals surface area contributed by atoms with E-state index >= 15 is 0 Å². The number of carbonyl (C=O) groups is 1. The minimum Gasteiger partial charge on any atom is -0.486 e. The Morgan fingerprint density at radius 1 is 1.05 bits per heavy atom. The Labute approximate surface area is 116 Å². The standard InChI is InChI=1S/C16H14O4/c17-16(20-12-6-2-1-3-7-12)10-13-11-18-14-8-4-5-9-15(14)19-13/h1-9,13H,10-11H2. The Kier molecular flexibility index (Phi) is 3.54. The van der Waals surface area contributed by atoms with Gasteiger partial charge in [0, 0.05) is 0 Å². The van der Waals surface area contributed by atoms with E-state index in [4.69, 9.17) is 14.2 Å². The monoisotopic (exact) mass is 270 g/mol. The van der Waals surface area contributed by atoms with E-state index in [-0.39, 0.29) is 18.5 Å². The second kappa shape index (κ2) is 5.65. The lowest BCUT2D eigenvalue weighted by molar-refractivity contribution is -0.136. The second-order valence-electron chi connectivity index (χ2n) is 4.49. The zero-order chi connectivity index (χ0) is 13.8. The molecule has 1 atom stereocenters. The molecule has 0 aromatic heterocycles. The maximum absolute atomic E-state index is 11.8. The number of benzene rings is 2. The van der Waals surface area contributed by atoms with Crippen molar-refractivity contribution in [2.24, 2.45) is 0 Å². The summed E-state index contributed by atoms with van der Waals surface area (Å²) in [7, 11) is 0. The molecule has 0 saturated carbocycles. The molecule has 4 heteroatoms. The zero-order valence-corrected chi connectivity index (χ0v) is 10.8. The maximum Gasteiger partial charge on any atom is 0.315 e. The van der Waals surface area contributed by atoms with Gasteiger partial charge in [-0.2, -0.15) is 0 Å². The van der Waals surface area contributed by atoms with Gasteiger partial charge >= 0.3 is 5.97 Å². The summed E-state index contributed by atoms with van der Waals surface area (Å²) in [6, 6.07) is 16.4. The minimum atomic E-state index is -0.329. The van der Waals surface area contributed by atoms with Crippen molar-refractivity contribution in [3.8, 4) is 17.2 Å². The lowest BCUT2D eigenvalue weighted by Crippen LogP contribution is -2.32. The van der Waals surface area contributed by atoms with Gasteiger partial charge < -0.3 is 14.2 Å². The molecule has 0 aliphatic carbocycles. The van der Waals surface area contributed by atoms with E-state index in [1.807, 2.05) is 42.5 Å². The highest BCUT2D eigenvalue weighted by Crippen LogP contribution is 2.31. The molecule has 0 spiro atoms. The number of hydrogen-bond donors (Lipinski definition) is 0. The van der Waals surface area contributed by atoms with Crippen LogP contribution in [0.5, 0.6) is 17.2 Å². The summed E-state index contributed by atoms with van der Waals surface area (Å²) in [6.07, 6.45) is -0.162. The number of rotatable bonds is 3. The Balaban J connectivity index is 1.58. The van der Waals surface area contributed by atoms with E-state index in [1.54, 1.807) is 12.1 Å². The Morgan fingerprint density at radius 2 is 1.75 bits per heavy atom. The number of carbonyl (C=O) groups excluding carboxylic acids is 1. The zero-order valence-electron chi connectivity index (χ0n) is 10.8. The number of hydrogen-bond acceptors (Lipinski definition) is 4. The van der Waals surface area contributed by atoms with Crippen LogP contribution in [0.25, 0.3) is 0 Å². The fraction of sp³-hybridized carbons (Fsp3) is 0.188. The van der Waals surface area contributed by atoms with Crippen molar-refractivity contribution in [2.75, 3.05) is 6.61 Å². The normalized spacial score (nSPS) is 16.5. The summed E-state index contributed by atoms with van der Waals surface area (Å²) in [5.74, 6) is 1.58. The van der Waals surface area contributed by atoms with E-state index in [0.717, 1.165) is 0 Å². The van der Waals surface area contributed by atoms with Crippen LogP contribution in [0.1, 0.15) is 6.42 Å². The molecule has 0 amide bonds. The quantitative estimate of drug-likeness (QED) is 0.635. The fourth-order valence-electron chi connectivity index (χ4n) is 2.01. The molecule has 3 rings (SSSR count). The third kappa shape index (κ3) is 2.91. The second-order valence-corrected chi connectivity index (χ2v) is 4.49. The molecular weight excluding hydrogens is 256 g/mol. The molecule has 1 heterocycles. The fourth-order valence-corrected chi connectivity index (χ4v) is 2.01. The molecule has 0 fully saturated rings. The first kappa shape index (κ1) is 12.5. The molecular formula is C16H14O4. The Hall–Kier alpha value is -2.49. The summed E-state index contributed by atoms with van der Waals surface area (Å²) >= 11 is 0. The third-order valence-corrected chi connectivity index (χ3v) is 2.94. The van der Waals surface area contributed by atoms with Gasteiger partial charge in [0.15, 0.2) is 11.5 Å². The minimum absolute atomic E-state index is 0.156. The summed E-state index contributed by atoms with van der Waals surface area (Å²) in [4.78, 5) is 11.8. The first-order valence-corrected chi connectivity index (χ1v) is 6.45. The van der Waals surface area contributed by atoms with Crippen molar-refractivity contribution in [3.05, 3.63) is 54.6 Å². The number of para-hydroxylation sites is 3. The van der Waals surface area contributed by atoms with Gasteiger partial charge in [0.05, 0.1) is 6.42 Å². The van der Waals surface area contributed by atoms with Gasteiger partial charge in [-0.25, -0.2) is 0 Å². The van der Waals surface area contributed by atoms with Crippen LogP contribution in [0, 0.1) is 0 Å². The van der Waals surface area contributed by atoms with Crippen molar-refractivity contribution in [3.63, 3.8) is 0 Å². The van der Waals surface area contributed by atoms with Gasteiger partial charge in [0.25, 0.3) is 0 Å². The van der Waals surface area contributed by atoms with Gasteiger partial charge in [0.1, 0.15) is 18.5 Å². The van der Waals surface area contributed by atoms with Gasteiger partial charge in [-0.1, -0.05) is 30.3 Å². The molecule has 1 unspecified atom stereocenters. The number of esters is 1. The predicted octanol–water partition coefficient (Wildman–Crippen LogP) is 2.82. The van der Waals surface area contributed by atoms with E-state index in [1.165, 1.54) is 0 Å². The lowest BCUT2D eigenvalue weighted by Gasteiger charge is -2.25. The lowest BCUT2D eigenvalue weighted by atomic mass is 10.2. The van der Waals surface area contributed by atoms with Crippen LogP contribution in [0.3, 0.4) is 0 Å². The number of fused-ring (bicyclic) bond motifs is 1. The molecule has 0 bridgehead atoms. The first-order valence-electron chi connectivity index (χ1n) is 6.45. The van der Waals surface area contributed by atoms with Crippen molar-refractivity contribution in [2.45, 2.75) is 12.5 Å². The van der Waals surface area contributed by atoms with E-state index in [2.05, 4.69) is 0 Å². The average Bonchev–Trinajstić information content (AvgIpc) is 2.48. The molecule has 102 valence electrons. The van der Waals surface area contributed by atoms with Crippen LogP contribution < -0.4 is 14.2 Å². The summed E-state index contributed by atoms with van der Waals surface area (Å²) < 4.78 is 16.5. The topological polar surface area (TPSA) is 44.8 Å². The molecule has 0 N–H and O–H groups in total. The van der Waals surface area contributed by atoms with Crippen molar-refractivity contribution in [1.82, 2.24) is 0 Å². The molecule has 0 radical (unpaired) electrons. The van der Waals surface area contributed by atoms with Crippen LogP contribution in [0.2, 0.25) is 0 Å². The van der Waals surface area contributed by atoms with E-state index in [0.29, 0.717) is 23.9 Å². The molecule has 1 aliphatic rings. The molecule has 1 aliphatic heterocycles. The smallest absolute Gasteiger partial charge is 0.315 e. The van der Waals surface area contributed by atoms with Crippen LogP contribution in [-0.2, 0) is 4.79 Å². The summed E-state index contributed by atoms with van der Waals surface area (Å²) in [6.45, 7) is 0.348. The third-order valence-electron chi connectivity index (χ3n) is 2.94. The SMILES string of the molecule is O=C(CC1COc2ccccc2O1)Oc1ccccc1. The van der Waals surface area contributed by atoms with Crippen LogP contribution in [0.15, 0.2) is 54.6 Å². The molecule has 0 saturated heterocycles. The summed E-state index contributed by atoms with van der Waals surface area (Å²) in [5.41, 5.74) is 0. The van der Waals surface area contributed by atoms with Crippen LogP contribution in [0.4, 0.5) is 0 Å². The van der Waals surface area contributed by atoms with Crippen molar-refractivity contribution >= 4 is 5.97 Å². The Bertz CT molecular complexity index is 594. The van der Waals surface area contributed by atoms with Crippen molar-refractivity contribution < 1.29 is 19.0 Å². The van der Waals surface area contributed by atoms with Crippen molar-refractivity contribution in [1.29, 1.82) is 0 Å². The highest BCUT2D eigenvalue weighted by molar-refractivity contribution is 5.73. The van der Waals surface area contributed by atoms with E-state index < -0.39 is 0 Å². The highest BCUT2D eigenvalue weighted by Gasteiger charge is 2.24. The predicted molar refractivity (Wildman–Crippen MR) is 73.0 cm³/mol. The summed E-state index contributed by atoms with van der Waals surface area (Å²) in [5, 5.41) is 0. The highest BCUT2D eigenvalue weighted by atomic mass is 16.6. The van der Waals surface area contributed by atoms with E-state index in [9.17, 15) is 4.79 Å².